The van der Waals surface area contributed by atoms with Gasteiger partial charge in [-0.2, -0.15) is 4.98 Å². The van der Waals surface area contributed by atoms with Crippen molar-refractivity contribution in [3.63, 3.8) is 0 Å². The van der Waals surface area contributed by atoms with Gasteiger partial charge in [-0.3, -0.25) is 10.1 Å². The van der Waals surface area contributed by atoms with Crippen molar-refractivity contribution in [2.45, 2.75) is 13.5 Å². The van der Waals surface area contributed by atoms with Crippen molar-refractivity contribution in [1.82, 2.24) is 15.1 Å². The summed E-state index contributed by atoms with van der Waals surface area (Å²) in [5.41, 5.74) is 0.470. The summed E-state index contributed by atoms with van der Waals surface area (Å²) in [7, 11) is 0. The second kappa shape index (κ2) is 4.96. The highest BCUT2D eigenvalue weighted by Gasteiger charge is 2.17. The van der Waals surface area contributed by atoms with Gasteiger partial charge in [0.05, 0.1) is 17.2 Å². The van der Waals surface area contributed by atoms with Crippen LogP contribution >= 0.6 is 11.6 Å². The van der Waals surface area contributed by atoms with E-state index >= 15 is 0 Å². The molecule has 0 atom stereocenters. The monoisotopic (exact) mass is 269 g/mol. The van der Waals surface area contributed by atoms with Crippen molar-refractivity contribution in [1.29, 1.82) is 0 Å². The van der Waals surface area contributed by atoms with Crippen LogP contribution in [0.1, 0.15) is 11.5 Å². The molecule has 0 aliphatic rings. The molecular formula is C9H8ClN5O3. The number of hydrogen-bond donors (Lipinski definition) is 1. The molecule has 0 amide bonds. The van der Waals surface area contributed by atoms with Crippen LogP contribution < -0.4 is 5.32 Å². The first-order chi connectivity index (χ1) is 8.56. The molecule has 18 heavy (non-hydrogen) atoms. The Morgan fingerprint density at radius 3 is 3.00 bits per heavy atom. The molecule has 0 aromatic carbocycles. The average Bonchev–Trinajstić information content (AvgIpc) is 2.72. The van der Waals surface area contributed by atoms with Gasteiger partial charge in [0.2, 0.25) is 11.1 Å². The summed E-state index contributed by atoms with van der Waals surface area (Å²) in [6.45, 7) is 1.99. The van der Waals surface area contributed by atoms with Crippen molar-refractivity contribution in [2.75, 3.05) is 5.32 Å². The quantitative estimate of drug-likeness (QED) is 0.513. The van der Waals surface area contributed by atoms with Crippen molar-refractivity contribution >= 4 is 23.1 Å². The van der Waals surface area contributed by atoms with E-state index in [0.29, 0.717) is 5.76 Å². The fourth-order valence-electron chi connectivity index (χ4n) is 1.29. The average molecular weight is 270 g/mol. The molecule has 0 saturated heterocycles. The molecule has 0 bridgehead atoms. The molecule has 0 aliphatic carbocycles. The Balaban J connectivity index is 2.17. The molecule has 94 valence electrons. The van der Waals surface area contributed by atoms with Crippen LogP contribution in [0, 0.1) is 17.0 Å². The highest BCUT2D eigenvalue weighted by Crippen LogP contribution is 2.22. The van der Waals surface area contributed by atoms with E-state index in [4.69, 9.17) is 16.1 Å². The number of nitrogens with one attached hydrogen (secondary N) is 1. The molecule has 0 aliphatic heterocycles. The number of rotatable bonds is 4. The van der Waals surface area contributed by atoms with Crippen LogP contribution in [0.3, 0.4) is 0 Å². The molecule has 2 aromatic heterocycles. The first-order valence-corrected chi connectivity index (χ1v) is 5.27. The van der Waals surface area contributed by atoms with Gasteiger partial charge in [0.25, 0.3) is 0 Å². The SMILES string of the molecule is Cc1cc(CNc2nc(Cl)ncc2[N+](=O)[O-])on1. The number of anilines is 1. The zero-order valence-electron chi connectivity index (χ0n) is 9.25. The van der Waals surface area contributed by atoms with Crippen molar-refractivity contribution < 1.29 is 9.45 Å². The molecule has 2 rings (SSSR count). The van der Waals surface area contributed by atoms with E-state index in [1.807, 2.05) is 0 Å². The Labute approximate surface area is 106 Å². The molecule has 9 heteroatoms. The normalized spacial score (nSPS) is 10.3. The van der Waals surface area contributed by atoms with Crippen LogP contribution in [-0.4, -0.2) is 20.0 Å². The topological polar surface area (TPSA) is 107 Å². The Morgan fingerprint density at radius 2 is 2.39 bits per heavy atom. The summed E-state index contributed by atoms with van der Waals surface area (Å²) in [5.74, 6) is 0.575. The lowest BCUT2D eigenvalue weighted by atomic mass is 10.4. The number of aryl methyl sites for hydroxylation is 1. The second-order valence-corrected chi connectivity index (χ2v) is 3.76. The van der Waals surface area contributed by atoms with Crippen LogP contribution in [0.2, 0.25) is 5.28 Å². The fourth-order valence-corrected chi connectivity index (χ4v) is 1.42. The Bertz CT molecular complexity index is 585. The molecule has 1 N–H and O–H groups in total. The molecule has 2 heterocycles. The van der Waals surface area contributed by atoms with Gasteiger partial charge in [-0.25, -0.2) is 4.98 Å². The maximum Gasteiger partial charge on any atom is 0.329 e. The third kappa shape index (κ3) is 2.72. The fraction of sp³-hybridized carbons (Fsp3) is 0.222. The highest BCUT2D eigenvalue weighted by molar-refractivity contribution is 6.28. The van der Waals surface area contributed by atoms with E-state index < -0.39 is 4.92 Å². The number of halogens is 1. The van der Waals surface area contributed by atoms with E-state index in [0.717, 1.165) is 11.9 Å². The molecule has 0 spiro atoms. The molecule has 2 aromatic rings. The van der Waals surface area contributed by atoms with Gasteiger partial charge in [0.1, 0.15) is 6.20 Å². The largest absolute Gasteiger partial charge is 0.359 e. The molecule has 8 nitrogen and oxygen atoms in total. The molecule has 0 unspecified atom stereocenters. The van der Waals surface area contributed by atoms with Crippen LogP contribution in [0.5, 0.6) is 0 Å². The van der Waals surface area contributed by atoms with Crippen molar-refractivity contribution in [3.8, 4) is 0 Å². The van der Waals surface area contributed by atoms with Crippen LogP contribution in [0.15, 0.2) is 16.8 Å². The third-order valence-corrected chi connectivity index (χ3v) is 2.23. The van der Waals surface area contributed by atoms with Gasteiger partial charge in [0, 0.05) is 6.07 Å². The van der Waals surface area contributed by atoms with Gasteiger partial charge in [-0.05, 0) is 18.5 Å². The van der Waals surface area contributed by atoms with E-state index in [9.17, 15) is 10.1 Å². The molecule has 0 fully saturated rings. The van der Waals surface area contributed by atoms with Gasteiger partial charge >= 0.3 is 5.69 Å². The van der Waals surface area contributed by atoms with Gasteiger partial charge < -0.3 is 9.84 Å². The lowest BCUT2D eigenvalue weighted by molar-refractivity contribution is -0.384. The van der Waals surface area contributed by atoms with E-state index in [1.54, 1.807) is 13.0 Å². The third-order valence-electron chi connectivity index (χ3n) is 2.04. The summed E-state index contributed by atoms with van der Waals surface area (Å²) in [6, 6.07) is 1.71. The van der Waals surface area contributed by atoms with Gasteiger partial charge in [0.15, 0.2) is 5.76 Å². The minimum Gasteiger partial charge on any atom is -0.359 e. The Hall–Kier alpha value is -2.22. The first kappa shape index (κ1) is 12.2. The summed E-state index contributed by atoms with van der Waals surface area (Å²) in [6.07, 6.45) is 1.04. The maximum atomic E-state index is 10.8. The second-order valence-electron chi connectivity index (χ2n) is 3.42. The maximum absolute atomic E-state index is 10.8. The standard InChI is InChI=1S/C9H8ClN5O3/c1-5-2-6(18-14-5)3-11-8-7(15(16)17)4-12-9(10)13-8/h2,4H,3H2,1H3,(H,11,12,13). The first-order valence-electron chi connectivity index (χ1n) is 4.89. The highest BCUT2D eigenvalue weighted by atomic mass is 35.5. The Kier molecular flexibility index (Phi) is 3.38. The summed E-state index contributed by atoms with van der Waals surface area (Å²) >= 11 is 5.59. The number of hydrogen-bond acceptors (Lipinski definition) is 7. The molecular weight excluding hydrogens is 262 g/mol. The lowest BCUT2D eigenvalue weighted by Gasteiger charge is -2.03. The van der Waals surface area contributed by atoms with E-state index in [-0.39, 0.29) is 23.3 Å². The number of nitro groups is 1. The number of nitrogens with zero attached hydrogens (tertiary/aromatic N) is 4. The van der Waals surface area contributed by atoms with E-state index in [2.05, 4.69) is 20.4 Å². The van der Waals surface area contributed by atoms with Crippen LogP contribution in [-0.2, 0) is 6.54 Å². The van der Waals surface area contributed by atoms with Gasteiger partial charge in [-0.15, -0.1) is 0 Å². The Morgan fingerprint density at radius 1 is 1.61 bits per heavy atom. The predicted octanol–water partition coefficient (Wildman–Crippen LogP) is 1.95. The zero-order valence-corrected chi connectivity index (χ0v) is 10.0. The summed E-state index contributed by atoms with van der Waals surface area (Å²) in [4.78, 5) is 17.5. The minimum absolute atomic E-state index is 0.0362. The lowest BCUT2D eigenvalue weighted by Crippen LogP contribution is -2.05. The van der Waals surface area contributed by atoms with E-state index in [1.165, 1.54) is 0 Å². The molecule has 0 saturated carbocycles. The van der Waals surface area contributed by atoms with Crippen molar-refractivity contribution in [3.05, 3.63) is 39.1 Å². The minimum atomic E-state index is -0.593. The molecule has 0 radical (unpaired) electrons. The smallest absolute Gasteiger partial charge is 0.329 e. The van der Waals surface area contributed by atoms with Crippen LogP contribution in [0.25, 0.3) is 0 Å². The summed E-state index contributed by atoms with van der Waals surface area (Å²) in [5, 5.41) is 17.1. The summed E-state index contributed by atoms with van der Waals surface area (Å²) < 4.78 is 4.96. The zero-order chi connectivity index (χ0) is 13.1. The van der Waals surface area contributed by atoms with Crippen molar-refractivity contribution in [2.24, 2.45) is 0 Å². The predicted molar refractivity (Wildman–Crippen MR) is 62.3 cm³/mol. The number of aromatic nitrogens is 3. The van der Waals surface area contributed by atoms with Gasteiger partial charge in [-0.1, -0.05) is 5.16 Å². The van der Waals surface area contributed by atoms with Crippen LogP contribution in [0.4, 0.5) is 11.5 Å².